The summed E-state index contributed by atoms with van der Waals surface area (Å²) in [5.74, 6) is -0.399. The molecule has 2 N–H and O–H groups in total. The summed E-state index contributed by atoms with van der Waals surface area (Å²) in [6.45, 7) is 0.570. The molecule has 0 heterocycles. The number of carbonyl (C=O) groups excluding carboxylic acids is 1. The van der Waals surface area contributed by atoms with E-state index in [1.54, 1.807) is 0 Å². The van der Waals surface area contributed by atoms with Crippen LogP contribution in [-0.4, -0.2) is 22.5 Å². The Bertz CT molecular complexity index is 554. The molecular weight excluding hydrogens is 260 g/mol. The Morgan fingerprint density at radius 3 is 2.85 bits per heavy atom. The van der Waals surface area contributed by atoms with Crippen molar-refractivity contribution >= 4 is 11.6 Å². The molecule has 0 bridgehead atoms. The Balaban J connectivity index is 1.97. The molecule has 0 saturated heterocycles. The molecule has 0 spiro atoms. The molecular formula is C14H16N2O4. The number of phenols is 1. The monoisotopic (exact) mass is 276 g/mol. The van der Waals surface area contributed by atoms with E-state index in [1.807, 2.05) is 0 Å². The van der Waals surface area contributed by atoms with Crippen molar-refractivity contribution in [3.63, 3.8) is 0 Å². The highest BCUT2D eigenvalue weighted by molar-refractivity contribution is 5.95. The molecule has 1 aromatic rings. The Morgan fingerprint density at radius 1 is 1.45 bits per heavy atom. The molecule has 106 valence electrons. The molecule has 1 amide bonds. The van der Waals surface area contributed by atoms with Crippen molar-refractivity contribution in [1.82, 2.24) is 5.32 Å². The van der Waals surface area contributed by atoms with E-state index in [4.69, 9.17) is 0 Å². The van der Waals surface area contributed by atoms with Gasteiger partial charge in [0.1, 0.15) is 0 Å². The van der Waals surface area contributed by atoms with Crippen LogP contribution in [0.3, 0.4) is 0 Å². The molecule has 0 aliphatic heterocycles. The van der Waals surface area contributed by atoms with Crippen molar-refractivity contribution in [2.24, 2.45) is 5.92 Å². The van der Waals surface area contributed by atoms with Crippen LogP contribution in [0.15, 0.2) is 30.4 Å². The number of phenolic OH excluding ortho intramolecular Hbond substituents is 1. The van der Waals surface area contributed by atoms with Crippen LogP contribution in [0.2, 0.25) is 0 Å². The second-order valence-corrected chi connectivity index (χ2v) is 4.82. The van der Waals surface area contributed by atoms with Crippen LogP contribution in [0.25, 0.3) is 0 Å². The third kappa shape index (κ3) is 3.34. The molecule has 1 aliphatic rings. The summed E-state index contributed by atoms with van der Waals surface area (Å²) in [6.07, 6.45) is 7.26. The molecule has 0 radical (unpaired) electrons. The predicted molar refractivity (Wildman–Crippen MR) is 73.6 cm³/mol. The fourth-order valence-corrected chi connectivity index (χ4v) is 2.20. The van der Waals surface area contributed by atoms with Gasteiger partial charge in [0.25, 0.3) is 5.91 Å². The van der Waals surface area contributed by atoms with Crippen LogP contribution in [0, 0.1) is 16.0 Å². The van der Waals surface area contributed by atoms with E-state index < -0.39 is 16.4 Å². The van der Waals surface area contributed by atoms with Gasteiger partial charge in [0.2, 0.25) is 0 Å². The number of benzene rings is 1. The van der Waals surface area contributed by atoms with E-state index >= 15 is 0 Å². The minimum atomic E-state index is -0.689. The second-order valence-electron chi connectivity index (χ2n) is 4.82. The average molecular weight is 276 g/mol. The maximum Gasteiger partial charge on any atom is 0.310 e. The van der Waals surface area contributed by atoms with Gasteiger partial charge in [0.15, 0.2) is 5.75 Å². The summed E-state index contributed by atoms with van der Waals surface area (Å²) in [5.41, 5.74) is -0.182. The third-order valence-electron chi connectivity index (χ3n) is 3.36. The van der Waals surface area contributed by atoms with Crippen LogP contribution < -0.4 is 5.32 Å². The zero-order valence-electron chi connectivity index (χ0n) is 10.9. The highest BCUT2D eigenvalue weighted by Crippen LogP contribution is 2.26. The van der Waals surface area contributed by atoms with Gasteiger partial charge < -0.3 is 10.4 Å². The van der Waals surface area contributed by atoms with Gasteiger partial charge >= 0.3 is 5.69 Å². The van der Waals surface area contributed by atoms with Gasteiger partial charge in [-0.1, -0.05) is 12.2 Å². The number of carbonyl (C=O) groups is 1. The number of allylic oxidation sites excluding steroid dienone is 2. The van der Waals surface area contributed by atoms with Crippen molar-refractivity contribution in [3.05, 3.63) is 46.0 Å². The van der Waals surface area contributed by atoms with Crippen LogP contribution >= 0.6 is 0 Å². The molecule has 0 aromatic heterocycles. The number of rotatable bonds is 4. The lowest BCUT2D eigenvalue weighted by molar-refractivity contribution is -0.385. The smallest absolute Gasteiger partial charge is 0.310 e. The van der Waals surface area contributed by atoms with Gasteiger partial charge in [-0.2, -0.15) is 0 Å². The topological polar surface area (TPSA) is 92.5 Å². The standard InChI is InChI=1S/C14H16N2O4/c17-13-8-11(6-7-12(13)16(19)20)14(18)15-9-10-4-2-1-3-5-10/h1-2,6-8,10,17H,3-5,9H2,(H,15,18). The zero-order valence-corrected chi connectivity index (χ0v) is 10.9. The molecule has 1 aliphatic carbocycles. The summed E-state index contributed by atoms with van der Waals surface area (Å²) in [4.78, 5) is 21.8. The van der Waals surface area contributed by atoms with Crippen LogP contribution in [0.1, 0.15) is 29.6 Å². The highest BCUT2D eigenvalue weighted by Gasteiger charge is 2.17. The third-order valence-corrected chi connectivity index (χ3v) is 3.36. The van der Waals surface area contributed by atoms with Gasteiger partial charge in [0, 0.05) is 18.2 Å². The Labute approximate surface area is 116 Å². The SMILES string of the molecule is O=C(NCC1CC=CCC1)c1ccc([N+](=O)[O-])c(O)c1. The number of amides is 1. The lowest BCUT2D eigenvalue weighted by Crippen LogP contribution is -2.29. The van der Waals surface area contributed by atoms with Gasteiger partial charge in [-0.05, 0) is 37.3 Å². The number of nitrogens with one attached hydrogen (secondary N) is 1. The number of nitro groups is 1. The maximum atomic E-state index is 11.9. The summed E-state index contributed by atoms with van der Waals surface area (Å²) < 4.78 is 0. The van der Waals surface area contributed by atoms with E-state index in [2.05, 4.69) is 17.5 Å². The van der Waals surface area contributed by atoms with Gasteiger partial charge in [-0.15, -0.1) is 0 Å². The maximum absolute atomic E-state index is 11.9. The fraction of sp³-hybridized carbons (Fsp3) is 0.357. The Kier molecular flexibility index (Phi) is 4.34. The first-order chi connectivity index (χ1) is 9.58. The Hall–Kier alpha value is -2.37. The Morgan fingerprint density at radius 2 is 2.25 bits per heavy atom. The first kappa shape index (κ1) is 14.0. The minimum Gasteiger partial charge on any atom is -0.502 e. The lowest BCUT2D eigenvalue weighted by atomic mass is 9.94. The first-order valence-electron chi connectivity index (χ1n) is 6.48. The minimum absolute atomic E-state index is 0.222. The molecule has 2 rings (SSSR count). The number of hydrogen-bond donors (Lipinski definition) is 2. The van der Waals surface area contributed by atoms with Crippen molar-refractivity contribution in [1.29, 1.82) is 0 Å². The van der Waals surface area contributed by atoms with Crippen molar-refractivity contribution in [3.8, 4) is 5.75 Å². The predicted octanol–water partition coefficient (Wildman–Crippen LogP) is 2.39. The second kappa shape index (κ2) is 6.18. The van der Waals surface area contributed by atoms with E-state index in [-0.39, 0.29) is 11.5 Å². The number of hydrogen-bond acceptors (Lipinski definition) is 4. The zero-order chi connectivity index (χ0) is 14.5. The summed E-state index contributed by atoms with van der Waals surface area (Å²) >= 11 is 0. The van der Waals surface area contributed by atoms with Gasteiger partial charge in [-0.3, -0.25) is 14.9 Å². The molecule has 1 unspecified atom stereocenters. The fourth-order valence-electron chi connectivity index (χ4n) is 2.20. The van der Waals surface area contributed by atoms with E-state index in [1.165, 1.54) is 6.07 Å². The number of nitro benzene ring substituents is 1. The van der Waals surface area contributed by atoms with Crippen LogP contribution in [0.5, 0.6) is 5.75 Å². The van der Waals surface area contributed by atoms with E-state index in [9.17, 15) is 20.0 Å². The van der Waals surface area contributed by atoms with Gasteiger partial charge in [-0.25, -0.2) is 0 Å². The molecule has 0 saturated carbocycles. The number of aromatic hydroxyl groups is 1. The molecule has 1 aromatic carbocycles. The van der Waals surface area contributed by atoms with Gasteiger partial charge in [0.05, 0.1) is 4.92 Å². The summed E-state index contributed by atoms with van der Waals surface area (Å²) in [5, 5.41) is 22.9. The summed E-state index contributed by atoms with van der Waals surface area (Å²) in [6, 6.07) is 3.59. The largest absolute Gasteiger partial charge is 0.502 e. The van der Waals surface area contributed by atoms with Crippen molar-refractivity contribution in [2.75, 3.05) is 6.54 Å². The van der Waals surface area contributed by atoms with Crippen LogP contribution in [0.4, 0.5) is 5.69 Å². The molecule has 0 fully saturated rings. The average Bonchev–Trinajstić information content (AvgIpc) is 2.45. The quantitative estimate of drug-likeness (QED) is 0.501. The van der Waals surface area contributed by atoms with Crippen molar-refractivity contribution in [2.45, 2.75) is 19.3 Å². The molecule has 20 heavy (non-hydrogen) atoms. The van der Waals surface area contributed by atoms with Crippen molar-refractivity contribution < 1.29 is 14.8 Å². The van der Waals surface area contributed by atoms with Crippen LogP contribution in [-0.2, 0) is 0 Å². The van der Waals surface area contributed by atoms with E-state index in [0.717, 1.165) is 31.4 Å². The normalized spacial score (nSPS) is 17.7. The number of nitrogens with zero attached hydrogens (tertiary/aromatic N) is 1. The molecule has 6 nitrogen and oxygen atoms in total. The first-order valence-corrected chi connectivity index (χ1v) is 6.48. The highest BCUT2D eigenvalue weighted by atomic mass is 16.6. The van der Waals surface area contributed by atoms with E-state index in [0.29, 0.717) is 12.5 Å². The lowest BCUT2D eigenvalue weighted by Gasteiger charge is -2.18. The molecule has 1 atom stereocenters. The summed E-state index contributed by atoms with van der Waals surface area (Å²) in [7, 11) is 0. The molecule has 6 heteroatoms.